The summed E-state index contributed by atoms with van der Waals surface area (Å²) in [6, 6.07) is 0.443. The zero-order chi connectivity index (χ0) is 13.9. The molecular weight excluding hydrogens is 240 g/mol. The Kier molecular flexibility index (Phi) is 4.50. The number of hydrogen-bond acceptors (Lipinski definition) is 3. The number of hydrogen-bond donors (Lipinski definition) is 1. The van der Waals surface area contributed by atoms with E-state index in [1.807, 2.05) is 20.8 Å². The van der Waals surface area contributed by atoms with E-state index in [2.05, 4.69) is 17.5 Å². The molecule has 1 fully saturated rings. The van der Waals surface area contributed by atoms with E-state index in [1.165, 1.54) is 19.3 Å². The van der Waals surface area contributed by atoms with Crippen LogP contribution in [0.3, 0.4) is 0 Å². The van der Waals surface area contributed by atoms with Crippen molar-refractivity contribution in [2.45, 2.75) is 51.7 Å². The van der Waals surface area contributed by atoms with Gasteiger partial charge in [-0.25, -0.2) is 4.79 Å². The Hall–Kier alpha value is -1.03. The third-order valence-electron chi connectivity index (χ3n) is 3.61. The smallest absolute Gasteiger partial charge is 0.410 e. The molecule has 0 spiro atoms. The van der Waals surface area contributed by atoms with Crippen molar-refractivity contribution in [3.63, 3.8) is 0 Å². The topological polar surface area (TPSA) is 41.6 Å². The zero-order valence-corrected chi connectivity index (χ0v) is 12.3. The number of allylic oxidation sites excluding steroid dienone is 2. The first-order valence-electron chi connectivity index (χ1n) is 7.30. The van der Waals surface area contributed by atoms with Crippen LogP contribution in [-0.2, 0) is 4.74 Å². The maximum absolute atomic E-state index is 11.8. The molecule has 4 heteroatoms. The highest BCUT2D eigenvalue weighted by molar-refractivity contribution is 5.69. The standard InChI is InChI=1S/C15H26N2O2/c1-15(2,3)19-14(18)17-10-13(11-17)16-9-12-7-5-4-6-8-12/h4-5,12-13,16H,6-11H2,1-3H3. The van der Waals surface area contributed by atoms with Gasteiger partial charge in [-0.15, -0.1) is 0 Å². The van der Waals surface area contributed by atoms with E-state index < -0.39 is 5.60 Å². The third kappa shape index (κ3) is 4.53. The Labute approximate surface area is 116 Å². The molecule has 1 aliphatic carbocycles. The summed E-state index contributed by atoms with van der Waals surface area (Å²) in [6.07, 6.45) is 8.04. The summed E-state index contributed by atoms with van der Waals surface area (Å²) in [5.74, 6) is 0.764. The summed E-state index contributed by atoms with van der Waals surface area (Å²) >= 11 is 0. The quantitative estimate of drug-likeness (QED) is 0.798. The van der Waals surface area contributed by atoms with Gasteiger partial charge in [-0.3, -0.25) is 0 Å². The Morgan fingerprint density at radius 3 is 2.68 bits per heavy atom. The van der Waals surface area contributed by atoms with Crippen molar-refractivity contribution in [3.8, 4) is 0 Å². The summed E-state index contributed by atoms with van der Waals surface area (Å²) < 4.78 is 5.33. The average molecular weight is 266 g/mol. The van der Waals surface area contributed by atoms with Gasteiger partial charge in [0, 0.05) is 19.1 Å². The summed E-state index contributed by atoms with van der Waals surface area (Å²) in [6.45, 7) is 8.32. The molecule has 1 saturated heterocycles. The van der Waals surface area contributed by atoms with Crippen molar-refractivity contribution in [2.75, 3.05) is 19.6 Å². The van der Waals surface area contributed by atoms with Crippen LogP contribution < -0.4 is 5.32 Å². The molecule has 1 amide bonds. The normalized spacial score (nSPS) is 24.2. The van der Waals surface area contributed by atoms with Gasteiger partial charge in [-0.1, -0.05) is 12.2 Å². The SMILES string of the molecule is CC(C)(C)OC(=O)N1CC(NCC2CC=CCC2)C1. The molecule has 1 N–H and O–H groups in total. The minimum atomic E-state index is -0.399. The van der Waals surface area contributed by atoms with Gasteiger partial charge in [-0.2, -0.15) is 0 Å². The predicted octanol–water partition coefficient (Wildman–Crippen LogP) is 2.55. The van der Waals surface area contributed by atoms with Crippen molar-refractivity contribution in [1.82, 2.24) is 10.2 Å². The van der Waals surface area contributed by atoms with Gasteiger partial charge in [0.1, 0.15) is 5.60 Å². The number of nitrogens with one attached hydrogen (secondary N) is 1. The third-order valence-corrected chi connectivity index (χ3v) is 3.61. The van der Waals surface area contributed by atoms with E-state index in [1.54, 1.807) is 4.90 Å². The number of rotatable bonds is 3. The fourth-order valence-electron chi connectivity index (χ4n) is 2.46. The molecule has 0 aromatic heterocycles. The second-order valence-electron chi connectivity index (χ2n) is 6.64. The van der Waals surface area contributed by atoms with Gasteiger partial charge in [0.25, 0.3) is 0 Å². The van der Waals surface area contributed by atoms with Crippen LogP contribution in [0.4, 0.5) is 4.79 Å². The maximum atomic E-state index is 11.8. The van der Waals surface area contributed by atoms with Crippen molar-refractivity contribution in [3.05, 3.63) is 12.2 Å². The van der Waals surface area contributed by atoms with Gasteiger partial charge in [0.05, 0.1) is 0 Å². The van der Waals surface area contributed by atoms with Crippen molar-refractivity contribution in [2.24, 2.45) is 5.92 Å². The van der Waals surface area contributed by atoms with E-state index >= 15 is 0 Å². The lowest BCUT2D eigenvalue weighted by atomic mass is 9.94. The molecule has 108 valence electrons. The predicted molar refractivity (Wildman–Crippen MR) is 76.1 cm³/mol. The van der Waals surface area contributed by atoms with Crippen LogP contribution in [0.1, 0.15) is 40.0 Å². The van der Waals surface area contributed by atoms with E-state index in [4.69, 9.17) is 4.74 Å². The van der Waals surface area contributed by atoms with Gasteiger partial charge >= 0.3 is 6.09 Å². The first-order valence-corrected chi connectivity index (χ1v) is 7.30. The molecule has 0 saturated carbocycles. The zero-order valence-electron chi connectivity index (χ0n) is 12.3. The Morgan fingerprint density at radius 2 is 2.11 bits per heavy atom. The summed E-state index contributed by atoms with van der Waals surface area (Å²) in [4.78, 5) is 13.5. The first-order chi connectivity index (χ1) is 8.94. The molecule has 0 aromatic carbocycles. The number of ether oxygens (including phenoxy) is 1. The summed E-state index contributed by atoms with van der Waals surface area (Å²) in [5, 5.41) is 3.55. The fraction of sp³-hybridized carbons (Fsp3) is 0.800. The number of carbonyl (C=O) groups excluding carboxylic acids is 1. The molecule has 19 heavy (non-hydrogen) atoms. The van der Waals surface area contributed by atoms with Crippen LogP contribution in [0.5, 0.6) is 0 Å². The second-order valence-corrected chi connectivity index (χ2v) is 6.64. The Morgan fingerprint density at radius 1 is 1.37 bits per heavy atom. The molecule has 0 bridgehead atoms. The summed E-state index contributed by atoms with van der Waals surface area (Å²) in [5.41, 5.74) is -0.399. The van der Waals surface area contributed by atoms with Crippen LogP contribution in [0.25, 0.3) is 0 Å². The monoisotopic (exact) mass is 266 g/mol. The Balaban J connectivity index is 1.61. The highest BCUT2D eigenvalue weighted by Gasteiger charge is 2.33. The van der Waals surface area contributed by atoms with E-state index in [9.17, 15) is 4.79 Å². The highest BCUT2D eigenvalue weighted by Crippen LogP contribution is 2.19. The van der Waals surface area contributed by atoms with Crippen LogP contribution in [0.2, 0.25) is 0 Å². The largest absolute Gasteiger partial charge is 0.444 e. The number of amides is 1. The molecule has 4 nitrogen and oxygen atoms in total. The van der Waals surface area contributed by atoms with E-state index in [-0.39, 0.29) is 6.09 Å². The number of nitrogens with zero attached hydrogens (tertiary/aromatic N) is 1. The van der Waals surface area contributed by atoms with Crippen LogP contribution in [0.15, 0.2) is 12.2 Å². The molecule has 1 atom stereocenters. The van der Waals surface area contributed by atoms with E-state index in [0.29, 0.717) is 6.04 Å². The maximum Gasteiger partial charge on any atom is 0.410 e. The number of likely N-dealkylation sites (tertiary alicyclic amines) is 1. The molecule has 0 aromatic rings. The number of carbonyl (C=O) groups is 1. The first kappa shape index (κ1) is 14.4. The second kappa shape index (κ2) is 5.95. The molecule has 1 heterocycles. The fourth-order valence-corrected chi connectivity index (χ4v) is 2.46. The lowest BCUT2D eigenvalue weighted by molar-refractivity contribution is 0.00499. The molecule has 1 unspecified atom stereocenters. The molecule has 2 aliphatic rings. The lowest BCUT2D eigenvalue weighted by Crippen LogP contribution is -2.61. The molecular formula is C15H26N2O2. The minimum absolute atomic E-state index is 0.189. The van der Waals surface area contributed by atoms with Crippen molar-refractivity contribution in [1.29, 1.82) is 0 Å². The van der Waals surface area contributed by atoms with E-state index in [0.717, 1.165) is 25.6 Å². The highest BCUT2D eigenvalue weighted by atomic mass is 16.6. The molecule has 1 aliphatic heterocycles. The average Bonchev–Trinajstić information content (AvgIpc) is 2.25. The summed E-state index contributed by atoms with van der Waals surface area (Å²) in [7, 11) is 0. The molecule has 2 rings (SSSR count). The van der Waals surface area contributed by atoms with Gasteiger partial charge in [0.15, 0.2) is 0 Å². The van der Waals surface area contributed by atoms with Crippen LogP contribution in [0, 0.1) is 5.92 Å². The van der Waals surface area contributed by atoms with Crippen molar-refractivity contribution >= 4 is 6.09 Å². The minimum Gasteiger partial charge on any atom is -0.444 e. The van der Waals surface area contributed by atoms with Crippen molar-refractivity contribution < 1.29 is 9.53 Å². The van der Waals surface area contributed by atoms with Gasteiger partial charge in [0.2, 0.25) is 0 Å². The van der Waals surface area contributed by atoms with Gasteiger partial charge < -0.3 is 15.0 Å². The van der Waals surface area contributed by atoms with Crippen LogP contribution in [-0.4, -0.2) is 42.3 Å². The molecule has 0 radical (unpaired) electrons. The lowest BCUT2D eigenvalue weighted by Gasteiger charge is -2.40. The Bertz CT molecular complexity index is 341. The van der Waals surface area contributed by atoms with Gasteiger partial charge in [-0.05, 0) is 52.5 Å². The van der Waals surface area contributed by atoms with Crippen LogP contribution >= 0.6 is 0 Å².